The molecule has 2 nitrogen and oxygen atoms in total. The Kier molecular flexibility index (Phi) is 6.15. The highest BCUT2D eigenvalue weighted by Gasteiger charge is 2.27. The Morgan fingerprint density at radius 3 is 3.05 bits per heavy atom. The van der Waals surface area contributed by atoms with E-state index in [1.54, 1.807) is 6.07 Å². The van der Waals surface area contributed by atoms with Crippen LogP contribution in [0.1, 0.15) is 18.0 Å². The van der Waals surface area contributed by atoms with Crippen LogP contribution in [-0.2, 0) is 0 Å². The van der Waals surface area contributed by atoms with Gasteiger partial charge in [-0.25, -0.2) is 4.39 Å². The first-order valence-corrected chi connectivity index (χ1v) is 8.26. The van der Waals surface area contributed by atoms with Crippen LogP contribution in [0.5, 0.6) is 0 Å². The normalized spacial score (nSPS) is 27.2. The van der Waals surface area contributed by atoms with Gasteiger partial charge in [-0.3, -0.25) is 4.90 Å². The molecule has 1 aromatic carbocycles. The molecule has 0 amide bonds. The molecule has 2 aliphatic heterocycles. The lowest BCUT2D eigenvalue weighted by atomic mass is 10.0. The fraction of sp³-hybridized carbons (Fsp3) is 0.600. The van der Waals surface area contributed by atoms with Crippen molar-refractivity contribution < 1.29 is 4.39 Å². The zero-order valence-corrected chi connectivity index (χ0v) is 13.2. The molecule has 112 valence electrons. The molecule has 0 aromatic heterocycles. The van der Waals surface area contributed by atoms with Crippen molar-refractivity contribution in [2.45, 2.75) is 12.5 Å². The summed E-state index contributed by atoms with van der Waals surface area (Å²) in [4.78, 5) is 2.54. The minimum absolute atomic E-state index is 0. The van der Waals surface area contributed by atoms with Crippen LogP contribution in [0.25, 0.3) is 0 Å². The standard InChI is InChI=1S/C15H21FN2S.ClH/c16-14-3-1-2-13(8-14)15-9-17-5-6-18(15)10-12-4-7-19-11-12;/h1-3,8,12,15,17H,4-7,9-11H2;1H. The van der Waals surface area contributed by atoms with E-state index in [1.165, 1.54) is 24.0 Å². The van der Waals surface area contributed by atoms with Crippen LogP contribution in [0.2, 0.25) is 0 Å². The van der Waals surface area contributed by atoms with Crippen LogP contribution in [0.15, 0.2) is 24.3 Å². The lowest BCUT2D eigenvalue weighted by Crippen LogP contribution is -2.47. The molecular formula is C15H22ClFN2S. The van der Waals surface area contributed by atoms with Gasteiger partial charge in [0, 0.05) is 32.2 Å². The van der Waals surface area contributed by atoms with Gasteiger partial charge in [0.25, 0.3) is 0 Å². The fourth-order valence-electron chi connectivity index (χ4n) is 3.07. The Bertz CT molecular complexity index is 426. The van der Waals surface area contributed by atoms with Crippen LogP contribution in [0, 0.1) is 11.7 Å². The van der Waals surface area contributed by atoms with E-state index in [2.05, 4.69) is 28.0 Å². The summed E-state index contributed by atoms with van der Waals surface area (Å²) in [6.45, 7) is 4.22. The molecule has 3 rings (SSSR count). The molecule has 2 atom stereocenters. The first kappa shape index (κ1) is 16.1. The molecule has 0 bridgehead atoms. The number of rotatable bonds is 3. The van der Waals surface area contributed by atoms with Crippen molar-refractivity contribution in [2.24, 2.45) is 5.92 Å². The van der Waals surface area contributed by atoms with Gasteiger partial charge in [0.2, 0.25) is 0 Å². The fourth-order valence-corrected chi connectivity index (χ4v) is 4.34. The van der Waals surface area contributed by atoms with Crippen molar-refractivity contribution in [1.82, 2.24) is 10.2 Å². The molecule has 1 aromatic rings. The third-order valence-corrected chi connectivity index (χ3v) is 5.34. The minimum Gasteiger partial charge on any atom is -0.314 e. The summed E-state index contributed by atoms with van der Waals surface area (Å²) >= 11 is 2.07. The minimum atomic E-state index is -0.126. The van der Waals surface area contributed by atoms with Gasteiger partial charge in [-0.15, -0.1) is 12.4 Å². The van der Waals surface area contributed by atoms with Crippen molar-refractivity contribution in [3.63, 3.8) is 0 Å². The molecule has 0 saturated carbocycles. The van der Waals surface area contributed by atoms with Crippen LogP contribution in [0.4, 0.5) is 4.39 Å². The number of nitrogens with zero attached hydrogens (tertiary/aromatic N) is 1. The van der Waals surface area contributed by atoms with Crippen LogP contribution >= 0.6 is 24.2 Å². The number of thioether (sulfide) groups is 1. The highest BCUT2D eigenvalue weighted by Crippen LogP contribution is 2.29. The molecule has 0 aliphatic carbocycles. The molecule has 0 radical (unpaired) electrons. The maximum absolute atomic E-state index is 13.4. The van der Waals surface area contributed by atoms with Crippen molar-refractivity contribution in [3.05, 3.63) is 35.6 Å². The second-order valence-corrected chi connectivity index (χ2v) is 6.65. The van der Waals surface area contributed by atoms with Gasteiger partial charge >= 0.3 is 0 Å². The summed E-state index contributed by atoms with van der Waals surface area (Å²) in [6.07, 6.45) is 1.34. The number of piperazine rings is 1. The third-order valence-electron chi connectivity index (χ3n) is 4.10. The number of halogens is 2. The predicted octanol–water partition coefficient (Wildman–Crippen LogP) is 2.95. The number of hydrogen-bond donors (Lipinski definition) is 1. The Morgan fingerprint density at radius 2 is 2.30 bits per heavy atom. The average molecular weight is 317 g/mol. The van der Waals surface area contributed by atoms with E-state index < -0.39 is 0 Å². The van der Waals surface area contributed by atoms with E-state index >= 15 is 0 Å². The molecule has 2 aliphatic rings. The van der Waals surface area contributed by atoms with Crippen LogP contribution in [-0.4, -0.2) is 42.6 Å². The van der Waals surface area contributed by atoms with E-state index in [0.29, 0.717) is 6.04 Å². The van der Waals surface area contributed by atoms with Gasteiger partial charge < -0.3 is 5.32 Å². The molecule has 20 heavy (non-hydrogen) atoms. The van der Waals surface area contributed by atoms with Crippen molar-refractivity contribution >= 4 is 24.2 Å². The zero-order chi connectivity index (χ0) is 13.1. The van der Waals surface area contributed by atoms with Gasteiger partial charge in [-0.1, -0.05) is 12.1 Å². The molecule has 2 saturated heterocycles. The second kappa shape index (κ2) is 7.64. The monoisotopic (exact) mass is 316 g/mol. The Hall–Kier alpha value is -0.290. The predicted molar refractivity (Wildman–Crippen MR) is 86.3 cm³/mol. The van der Waals surface area contributed by atoms with E-state index in [-0.39, 0.29) is 18.2 Å². The van der Waals surface area contributed by atoms with Crippen molar-refractivity contribution in [1.29, 1.82) is 0 Å². The van der Waals surface area contributed by atoms with E-state index in [1.807, 2.05) is 6.07 Å². The summed E-state index contributed by atoms with van der Waals surface area (Å²) < 4.78 is 13.4. The van der Waals surface area contributed by atoms with Crippen molar-refractivity contribution in [3.8, 4) is 0 Å². The first-order chi connectivity index (χ1) is 9.33. The SMILES string of the molecule is Cl.Fc1cccc(C2CNCCN2CC2CCSC2)c1. The maximum Gasteiger partial charge on any atom is 0.123 e. The lowest BCUT2D eigenvalue weighted by molar-refractivity contribution is 0.142. The highest BCUT2D eigenvalue weighted by atomic mass is 35.5. The van der Waals surface area contributed by atoms with E-state index in [0.717, 1.165) is 37.7 Å². The smallest absolute Gasteiger partial charge is 0.123 e. The van der Waals surface area contributed by atoms with Gasteiger partial charge in [0.15, 0.2) is 0 Å². The summed E-state index contributed by atoms with van der Waals surface area (Å²) in [5.74, 6) is 3.29. The summed E-state index contributed by atoms with van der Waals surface area (Å²) in [6, 6.07) is 7.42. The van der Waals surface area contributed by atoms with Gasteiger partial charge in [-0.05, 0) is 41.5 Å². The van der Waals surface area contributed by atoms with E-state index in [4.69, 9.17) is 0 Å². The number of nitrogens with one attached hydrogen (secondary N) is 1. The van der Waals surface area contributed by atoms with E-state index in [9.17, 15) is 4.39 Å². The van der Waals surface area contributed by atoms with Crippen molar-refractivity contribution in [2.75, 3.05) is 37.7 Å². The topological polar surface area (TPSA) is 15.3 Å². The molecule has 1 N–H and O–H groups in total. The Labute approximate surface area is 130 Å². The zero-order valence-electron chi connectivity index (χ0n) is 11.6. The van der Waals surface area contributed by atoms with Crippen LogP contribution < -0.4 is 5.32 Å². The van der Waals surface area contributed by atoms with Gasteiger partial charge in [-0.2, -0.15) is 11.8 Å². The summed E-state index contributed by atoms with van der Waals surface area (Å²) in [5, 5.41) is 3.44. The third kappa shape index (κ3) is 3.88. The Balaban J connectivity index is 0.00000147. The molecule has 2 unspecified atom stereocenters. The maximum atomic E-state index is 13.4. The van der Waals surface area contributed by atoms with Gasteiger partial charge in [0.05, 0.1) is 0 Å². The molecule has 5 heteroatoms. The van der Waals surface area contributed by atoms with Gasteiger partial charge in [0.1, 0.15) is 5.82 Å². The number of hydrogen-bond acceptors (Lipinski definition) is 3. The second-order valence-electron chi connectivity index (χ2n) is 5.50. The summed E-state index contributed by atoms with van der Waals surface area (Å²) in [7, 11) is 0. The molecule has 0 spiro atoms. The average Bonchev–Trinajstić information content (AvgIpc) is 2.92. The van der Waals surface area contributed by atoms with Crippen LogP contribution in [0.3, 0.4) is 0 Å². The largest absolute Gasteiger partial charge is 0.314 e. The molecule has 2 heterocycles. The lowest BCUT2D eigenvalue weighted by Gasteiger charge is -2.38. The Morgan fingerprint density at radius 1 is 1.40 bits per heavy atom. The first-order valence-electron chi connectivity index (χ1n) is 7.11. The number of benzene rings is 1. The molecular weight excluding hydrogens is 295 g/mol. The quantitative estimate of drug-likeness (QED) is 0.923. The molecule has 2 fully saturated rings. The summed E-state index contributed by atoms with van der Waals surface area (Å²) in [5.41, 5.74) is 1.11. The highest BCUT2D eigenvalue weighted by molar-refractivity contribution is 7.99.